The molecule has 26 heavy (non-hydrogen) atoms. The Hall–Kier alpha value is -3.14. The number of carbonyl (C=O) groups excluding carboxylic acids is 1. The highest BCUT2D eigenvalue weighted by Gasteiger charge is 2.09. The van der Waals surface area contributed by atoms with Gasteiger partial charge in [0.25, 0.3) is 5.91 Å². The molecule has 0 unspecified atom stereocenters. The van der Waals surface area contributed by atoms with Gasteiger partial charge in [0.2, 0.25) is 0 Å². The number of aromatic nitrogens is 2. The van der Waals surface area contributed by atoms with Gasteiger partial charge in [-0.25, -0.2) is 9.97 Å². The van der Waals surface area contributed by atoms with Crippen LogP contribution < -0.4 is 10.6 Å². The SMILES string of the molecule is N#Cc1cccc(NC(=O)c2cnc(Nc3ccc(Cl)c(Cl)c3)cn2)c1. The largest absolute Gasteiger partial charge is 0.339 e. The second-order valence-corrected chi connectivity index (χ2v) is 6.00. The molecule has 0 aliphatic rings. The number of amides is 1. The molecule has 6 nitrogen and oxygen atoms in total. The van der Waals surface area contributed by atoms with Gasteiger partial charge in [0, 0.05) is 11.4 Å². The predicted octanol–water partition coefficient (Wildman–Crippen LogP) is 4.65. The zero-order valence-electron chi connectivity index (χ0n) is 13.2. The molecule has 0 aliphatic carbocycles. The molecule has 0 spiro atoms. The van der Waals surface area contributed by atoms with Gasteiger partial charge in [0.1, 0.15) is 11.5 Å². The Kier molecular flexibility index (Phi) is 5.32. The molecule has 0 saturated carbocycles. The molecule has 1 amide bonds. The average molecular weight is 384 g/mol. The molecule has 3 aromatic rings. The summed E-state index contributed by atoms with van der Waals surface area (Å²) in [5.41, 5.74) is 1.80. The van der Waals surface area contributed by atoms with Crippen molar-refractivity contribution < 1.29 is 4.79 Å². The molecule has 2 aromatic carbocycles. The van der Waals surface area contributed by atoms with E-state index >= 15 is 0 Å². The molecule has 0 aliphatic heterocycles. The van der Waals surface area contributed by atoms with E-state index in [9.17, 15) is 4.79 Å². The van der Waals surface area contributed by atoms with Crippen molar-refractivity contribution in [1.82, 2.24) is 9.97 Å². The van der Waals surface area contributed by atoms with E-state index in [-0.39, 0.29) is 5.69 Å². The lowest BCUT2D eigenvalue weighted by Crippen LogP contribution is -2.14. The third-order valence-corrected chi connectivity index (χ3v) is 4.07. The van der Waals surface area contributed by atoms with Crippen LogP contribution >= 0.6 is 23.2 Å². The predicted molar refractivity (Wildman–Crippen MR) is 101 cm³/mol. The van der Waals surface area contributed by atoms with Gasteiger partial charge in [-0.1, -0.05) is 29.3 Å². The smallest absolute Gasteiger partial charge is 0.275 e. The summed E-state index contributed by atoms with van der Waals surface area (Å²) in [4.78, 5) is 20.5. The van der Waals surface area contributed by atoms with Gasteiger partial charge in [-0.2, -0.15) is 5.26 Å². The van der Waals surface area contributed by atoms with Crippen LogP contribution in [0.25, 0.3) is 0 Å². The molecule has 3 rings (SSSR count). The first-order valence-corrected chi connectivity index (χ1v) is 8.16. The molecule has 1 heterocycles. The third-order valence-electron chi connectivity index (χ3n) is 3.33. The summed E-state index contributed by atoms with van der Waals surface area (Å²) in [7, 11) is 0. The monoisotopic (exact) mass is 383 g/mol. The Bertz CT molecular complexity index is 999. The number of halogens is 2. The summed E-state index contributed by atoms with van der Waals surface area (Å²) in [5, 5.41) is 15.4. The van der Waals surface area contributed by atoms with Crippen molar-refractivity contribution in [2.24, 2.45) is 0 Å². The van der Waals surface area contributed by atoms with Gasteiger partial charge in [0.05, 0.1) is 34.1 Å². The number of benzene rings is 2. The number of nitrogens with one attached hydrogen (secondary N) is 2. The maximum absolute atomic E-state index is 12.2. The summed E-state index contributed by atoms with van der Waals surface area (Å²) in [6, 6.07) is 13.7. The van der Waals surface area contributed by atoms with Crippen molar-refractivity contribution in [3.8, 4) is 6.07 Å². The van der Waals surface area contributed by atoms with Gasteiger partial charge >= 0.3 is 0 Å². The van der Waals surface area contributed by atoms with Gasteiger partial charge in [-0.05, 0) is 36.4 Å². The van der Waals surface area contributed by atoms with Crippen LogP contribution in [0.15, 0.2) is 54.9 Å². The topological polar surface area (TPSA) is 90.7 Å². The Morgan fingerprint density at radius 3 is 2.54 bits per heavy atom. The van der Waals surface area contributed by atoms with Crippen LogP contribution in [-0.4, -0.2) is 15.9 Å². The zero-order valence-corrected chi connectivity index (χ0v) is 14.7. The Balaban J connectivity index is 1.69. The standard InChI is InChI=1S/C18H11Cl2N5O/c19-14-5-4-13(7-15(14)20)24-17-10-22-16(9-23-17)18(26)25-12-3-1-2-11(6-12)8-21/h1-7,9-10H,(H,23,24)(H,25,26). The van der Waals surface area contributed by atoms with Crippen LogP contribution in [0.3, 0.4) is 0 Å². The molecular weight excluding hydrogens is 373 g/mol. The summed E-state index contributed by atoms with van der Waals surface area (Å²) in [6.45, 7) is 0. The van der Waals surface area contributed by atoms with E-state index in [1.807, 2.05) is 6.07 Å². The number of nitrogens with zero attached hydrogens (tertiary/aromatic N) is 3. The lowest BCUT2D eigenvalue weighted by Gasteiger charge is -2.08. The van der Waals surface area contributed by atoms with E-state index in [1.165, 1.54) is 12.4 Å². The van der Waals surface area contributed by atoms with Crippen LogP contribution in [0.2, 0.25) is 10.0 Å². The maximum atomic E-state index is 12.2. The molecule has 128 valence electrons. The molecule has 0 fully saturated rings. The van der Waals surface area contributed by atoms with Crippen LogP contribution in [0.5, 0.6) is 0 Å². The van der Waals surface area contributed by atoms with Crippen molar-refractivity contribution in [1.29, 1.82) is 5.26 Å². The quantitative estimate of drug-likeness (QED) is 0.683. The van der Waals surface area contributed by atoms with E-state index in [2.05, 4.69) is 20.6 Å². The molecule has 0 bridgehead atoms. The number of rotatable bonds is 4. The Morgan fingerprint density at radius 1 is 1.00 bits per heavy atom. The molecule has 0 atom stereocenters. The molecule has 1 aromatic heterocycles. The van der Waals surface area contributed by atoms with E-state index in [0.717, 1.165) is 0 Å². The van der Waals surface area contributed by atoms with Crippen molar-refractivity contribution in [2.75, 3.05) is 10.6 Å². The van der Waals surface area contributed by atoms with E-state index < -0.39 is 5.91 Å². The highest BCUT2D eigenvalue weighted by atomic mass is 35.5. The fraction of sp³-hybridized carbons (Fsp3) is 0. The van der Waals surface area contributed by atoms with Crippen molar-refractivity contribution in [3.05, 3.63) is 76.2 Å². The number of carbonyl (C=O) groups is 1. The van der Waals surface area contributed by atoms with Crippen LogP contribution in [0, 0.1) is 11.3 Å². The van der Waals surface area contributed by atoms with Crippen molar-refractivity contribution >= 4 is 46.3 Å². The first-order chi connectivity index (χ1) is 12.5. The molecule has 2 N–H and O–H groups in total. The first kappa shape index (κ1) is 17.7. The van der Waals surface area contributed by atoms with Crippen LogP contribution in [-0.2, 0) is 0 Å². The first-order valence-electron chi connectivity index (χ1n) is 7.41. The van der Waals surface area contributed by atoms with E-state index in [4.69, 9.17) is 28.5 Å². The molecule has 0 radical (unpaired) electrons. The van der Waals surface area contributed by atoms with Crippen molar-refractivity contribution in [3.63, 3.8) is 0 Å². The normalized spacial score (nSPS) is 10.0. The molecular formula is C18H11Cl2N5O. The third kappa shape index (κ3) is 4.28. The second-order valence-electron chi connectivity index (χ2n) is 5.19. The minimum atomic E-state index is -0.423. The fourth-order valence-electron chi connectivity index (χ4n) is 2.09. The highest BCUT2D eigenvalue weighted by Crippen LogP contribution is 2.26. The lowest BCUT2D eigenvalue weighted by molar-refractivity contribution is 0.102. The second kappa shape index (κ2) is 7.83. The van der Waals surface area contributed by atoms with Gasteiger partial charge in [-0.3, -0.25) is 4.79 Å². The van der Waals surface area contributed by atoms with E-state index in [1.54, 1.807) is 42.5 Å². The van der Waals surface area contributed by atoms with E-state index in [0.29, 0.717) is 32.8 Å². The summed E-state index contributed by atoms with van der Waals surface area (Å²) < 4.78 is 0. The minimum Gasteiger partial charge on any atom is -0.339 e. The minimum absolute atomic E-state index is 0.145. The zero-order chi connectivity index (χ0) is 18.5. The van der Waals surface area contributed by atoms with Gasteiger partial charge in [-0.15, -0.1) is 0 Å². The average Bonchev–Trinajstić information content (AvgIpc) is 2.65. The Morgan fingerprint density at radius 2 is 1.85 bits per heavy atom. The highest BCUT2D eigenvalue weighted by molar-refractivity contribution is 6.42. The van der Waals surface area contributed by atoms with Crippen molar-refractivity contribution in [2.45, 2.75) is 0 Å². The Labute approximate surface area is 159 Å². The summed E-state index contributed by atoms with van der Waals surface area (Å²) in [5.74, 6) is 0.0279. The number of hydrogen-bond acceptors (Lipinski definition) is 5. The number of hydrogen-bond donors (Lipinski definition) is 2. The number of nitriles is 1. The van der Waals surface area contributed by atoms with Gasteiger partial charge in [0.15, 0.2) is 0 Å². The fourth-order valence-corrected chi connectivity index (χ4v) is 2.39. The molecule has 0 saturated heterocycles. The lowest BCUT2D eigenvalue weighted by atomic mass is 10.2. The van der Waals surface area contributed by atoms with Gasteiger partial charge < -0.3 is 10.6 Å². The number of anilines is 3. The summed E-state index contributed by atoms with van der Waals surface area (Å²) in [6.07, 6.45) is 2.78. The molecule has 8 heteroatoms. The summed E-state index contributed by atoms with van der Waals surface area (Å²) >= 11 is 11.8. The maximum Gasteiger partial charge on any atom is 0.275 e. The van der Waals surface area contributed by atoms with Crippen LogP contribution in [0.1, 0.15) is 16.1 Å². The van der Waals surface area contributed by atoms with Crippen LogP contribution in [0.4, 0.5) is 17.2 Å².